The molecular weight excluding hydrogens is 356 g/mol. The van der Waals surface area contributed by atoms with E-state index < -0.39 is 38.8 Å². The fourth-order valence-electron chi connectivity index (χ4n) is 2.62. The van der Waals surface area contributed by atoms with E-state index >= 15 is 0 Å². The summed E-state index contributed by atoms with van der Waals surface area (Å²) in [5.41, 5.74) is 0. The first-order chi connectivity index (χ1) is 10.6. The van der Waals surface area contributed by atoms with E-state index in [9.17, 15) is 26.4 Å². The Kier molecular flexibility index (Phi) is 4.81. The van der Waals surface area contributed by atoms with Crippen LogP contribution in [-0.2, 0) is 29.7 Å². The van der Waals surface area contributed by atoms with E-state index in [1.807, 2.05) is 0 Å². The van der Waals surface area contributed by atoms with Crippen LogP contribution in [0.25, 0.3) is 0 Å². The molecule has 12 nitrogen and oxygen atoms in total. The van der Waals surface area contributed by atoms with Gasteiger partial charge in [0.15, 0.2) is 0 Å². The summed E-state index contributed by atoms with van der Waals surface area (Å²) >= 11 is 0. The number of piperidine rings is 1. The summed E-state index contributed by atoms with van der Waals surface area (Å²) in [4.78, 5) is 24.4. The molecule has 2 aliphatic rings. The predicted molar refractivity (Wildman–Crippen MR) is 73.9 cm³/mol. The highest BCUT2D eigenvalue weighted by atomic mass is 32.3. The summed E-state index contributed by atoms with van der Waals surface area (Å²) < 4.78 is 61.1. The van der Waals surface area contributed by atoms with Gasteiger partial charge in [-0.15, -0.1) is 4.28 Å². The molecule has 0 aromatic heterocycles. The predicted octanol–water partition coefficient (Wildman–Crippen LogP) is -1.74. The molecule has 23 heavy (non-hydrogen) atoms. The maximum Gasteiger partial charge on any atom is 0.418 e. The standard InChI is InChI=1S/C9H16N4O8S2/c1-2-10-22(16,17)12(6-14)8-4-3-7-5-11(8)9(15)13(7)21-23(18,19)20/h6-8,10H,2-5H2,1H3,(H,18,19,20)/t7-,8+/m1/s1. The largest absolute Gasteiger partial charge is 0.418 e. The van der Waals surface area contributed by atoms with Crippen LogP contribution in [0, 0.1) is 0 Å². The third kappa shape index (κ3) is 3.55. The smallest absolute Gasteiger partial charge is 0.299 e. The molecule has 2 bridgehead atoms. The second-order valence-electron chi connectivity index (χ2n) is 4.91. The maximum atomic E-state index is 12.2. The van der Waals surface area contributed by atoms with Crippen molar-refractivity contribution >= 4 is 33.0 Å². The number of hydrogen-bond acceptors (Lipinski definition) is 7. The Labute approximate surface area is 133 Å². The number of carbonyl (C=O) groups is 2. The highest BCUT2D eigenvalue weighted by molar-refractivity contribution is 7.87. The first-order valence-corrected chi connectivity index (χ1v) is 9.41. The normalized spacial score (nSPS) is 24.9. The van der Waals surface area contributed by atoms with E-state index in [1.165, 1.54) is 6.92 Å². The molecule has 2 atom stereocenters. The average Bonchev–Trinajstić information content (AvgIpc) is 2.65. The van der Waals surface area contributed by atoms with Crippen LogP contribution in [0.4, 0.5) is 4.79 Å². The highest BCUT2D eigenvalue weighted by Gasteiger charge is 2.50. The SMILES string of the molecule is CCNS(=O)(=O)N(C=O)[C@H]1CC[C@@H]2CN1C(=O)N2OS(=O)(=O)O. The fourth-order valence-corrected chi connectivity index (χ4v) is 4.18. The zero-order chi connectivity index (χ0) is 17.4. The summed E-state index contributed by atoms with van der Waals surface area (Å²) in [7, 11) is -9.02. The van der Waals surface area contributed by atoms with E-state index in [1.54, 1.807) is 0 Å². The number of rotatable bonds is 7. The van der Waals surface area contributed by atoms with Crippen molar-refractivity contribution < 1.29 is 35.3 Å². The summed E-state index contributed by atoms with van der Waals surface area (Å²) in [6.45, 7) is 1.54. The third-order valence-electron chi connectivity index (χ3n) is 3.47. The minimum absolute atomic E-state index is 0.0367. The molecule has 2 heterocycles. The van der Waals surface area contributed by atoms with Crippen LogP contribution >= 0.6 is 0 Å². The lowest BCUT2D eigenvalue weighted by Crippen LogP contribution is -2.55. The first-order valence-electron chi connectivity index (χ1n) is 6.61. The van der Waals surface area contributed by atoms with Gasteiger partial charge in [0.2, 0.25) is 6.41 Å². The topological polar surface area (TPSA) is 154 Å². The first kappa shape index (κ1) is 17.9. The Morgan fingerprint density at radius 3 is 2.57 bits per heavy atom. The van der Waals surface area contributed by atoms with Crippen molar-refractivity contribution in [2.45, 2.75) is 32.0 Å². The third-order valence-corrected chi connectivity index (χ3v) is 5.35. The van der Waals surface area contributed by atoms with Crippen molar-refractivity contribution in [3.8, 4) is 0 Å². The summed E-state index contributed by atoms with van der Waals surface area (Å²) in [5, 5.41) is 0.470. The van der Waals surface area contributed by atoms with Gasteiger partial charge in [-0.1, -0.05) is 6.92 Å². The monoisotopic (exact) mass is 372 g/mol. The number of nitrogens with one attached hydrogen (secondary N) is 1. The molecule has 0 aromatic rings. The Morgan fingerprint density at radius 2 is 2.04 bits per heavy atom. The molecule has 0 aliphatic carbocycles. The Bertz CT molecular complexity index is 692. The van der Waals surface area contributed by atoms with Crippen LogP contribution in [0.2, 0.25) is 0 Å². The zero-order valence-corrected chi connectivity index (χ0v) is 13.7. The van der Waals surface area contributed by atoms with Crippen LogP contribution in [0.3, 0.4) is 0 Å². The minimum atomic E-state index is -4.89. The summed E-state index contributed by atoms with van der Waals surface area (Å²) in [6, 6.07) is -1.62. The van der Waals surface area contributed by atoms with Gasteiger partial charge in [-0.3, -0.25) is 14.2 Å². The average molecular weight is 372 g/mol. The number of hydrogen-bond donors (Lipinski definition) is 2. The molecule has 3 amide bonds. The molecule has 2 fully saturated rings. The van der Waals surface area contributed by atoms with E-state index in [-0.39, 0.29) is 32.3 Å². The van der Waals surface area contributed by atoms with E-state index in [0.29, 0.717) is 9.37 Å². The van der Waals surface area contributed by atoms with Gasteiger partial charge in [-0.05, 0) is 12.8 Å². The lowest BCUT2D eigenvalue weighted by atomic mass is 10.1. The van der Waals surface area contributed by atoms with Crippen LogP contribution in [0.5, 0.6) is 0 Å². The van der Waals surface area contributed by atoms with Crippen molar-refractivity contribution in [1.82, 2.24) is 19.0 Å². The Morgan fingerprint density at radius 1 is 1.39 bits per heavy atom. The lowest BCUT2D eigenvalue weighted by Gasteiger charge is -2.35. The van der Waals surface area contributed by atoms with Gasteiger partial charge in [0.25, 0.3) is 0 Å². The molecule has 2 saturated heterocycles. The van der Waals surface area contributed by atoms with Gasteiger partial charge in [-0.25, -0.2) is 9.10 Å². The molecule has 0 radical (unpaired) electrons. The second-order valence-corrected chi connectivity index (χ2v) is 7.58. The van der Waals surface area contributed by atoms with Gasteiger partial charge >= 0.3 is 26.6 Å². The van der Waals surface area contributed by atoms with Crippen molar-refractivity contribution in [3.63, 3.8) is 0 Å². The lowest BCUT2D eigenvalue weighted by molar-refractivity contribution is -0.117. The van der Waals surface area contributed by atoms with E-state index in [2.05, 4.69) is 9.01 Å². The molecule has 132 valence electrons. The van der Waals surface area contributed by atoms with Crippen LogP contribution in [0.1, 0.15) is 19.8 Å². The molecule has 2 N–H and O–H groups in total. The molecule has 0 unspecified atom stereocenters. The second kappa shape index (κ2) is 6.20. The van der Waals surface area contributed by atoms with Crippen molar-refractivity contribution in [1.29, 1.82) is 0 Å². The van der Waals surface area contributed by atoms with Crippen molar-refractivity contribution in [2.75, 3.05) is 13.1 Å². The number of amides is 3. The number of hydroxylamine groups is 2. The van der Waals surface area contributed by atoms with Gasteiger partial charge in [0.05, 0.1) is 6.04 Å². The molecule has 0 aromatic carbocycles. The van der Waals surface area contributed by atoms with Crippen molar-refractivity contribution in [3.05, 3.63) is 0 Å². The molecular formula is C9H16N4O8S2. The van der Waals surface area contributed by atoms with E-state index in [4.69, 9.17) is 4.55 Å². The number of fused-ring (bicyclic) bond motifs is 2. The van der Waals surface area contributed by atoms with Gasteiger partial charge in [0, 0.05) is 13.1 Å². The summed E-state index contributed by atoms with van der Waals surface area (Å²) in [6.07, 6.45) is -0.725. The number of urea groups is 1. The van der Waals surface area contributed by atoms with Crippen LogP contribution < -0.4 is 4.72 Å². The minimum Gasteiger partial charge on any atom is -0.299 e. The van der Waals surface area contributed by atoms with Gasteiger partial charge in [0.1, 0.15) is 6.17 Å². The maximum absolute atomic E-state index is 12.2. The molecule has 0 spiro atoms. The Balaban J connectivity index is 2.25. The van der Waals surface area contributed by atoms with Crippen molar-refractivity contribution in [2.24, 2.45) is 0 Å². The highest BCUT2D eigenvalue weighted by Crippen LogP contribution is 2.32. The van der Waals surface area contributed by atoms with Gasteiger partial charge < -0.3 is 0 Å². The molecule has 2 aliphatic heterocycles. The quantitative estimate of drug-likeness (QED) is 0.394. The molecule has 0 saturated carbocycles. The van der Waals surface area contributed by atoms with Crippen LogP contribution in [-0.4, -0.2) is 73.4 Å². The van der Waals surface area contributed by atoms with E-state index in [0.717, 1.165) is 4.90 Å². The van der Waals surface area contributed by atoms with Gasteiger partial charge in [-0.2, -0.15) is 26.6 Å². The molecule has 2 rings (SSSR count). The fraction of sp³-hybridized carbons (Fsp3) is 0.778. The van der Waals surface area contributed by atoms with Crippen LogP contribution in [0.15, 0.2) is 0 Å². The molecule has 14 heteroatoms. The Hall–Kier alpha value is -1.48. The summed E-state index contributed by atoms with van der Waals surface area (Å²) in [5.74, 6) is 0. The zero-order valence-electron chi connectivity index (χ0n) is 12.0. The number of carbonyl (C=O) groups excluding carboxylic acids is 2. The number of nitrogens with zero attached hydrogens (tertiary/aromatic N) is 3.